The predicted octanol–water partition coefficient (Wildman–Crippen LogP) is 3.16. The Hall–Kier alpha value is -3.21. The fourth-order valence-corrected chi connectivity index (χ4v) is 3.39. The highest BCUT2D eigenvalue weighted by Gasteiger charge is 2.32. The molecule has 0 aliphatic heterocycles. The van der Waals surface area contributed by atoms with Gasteiger partial charge in [0, 0.05) is 13.5 Å². The van der Waals surface area contributed by atoms with E-state index < -0.39 is 35.7 Å². The van der Waals surface area contributed by atoms with Gasteiger partial charge in [-0.05, 0) is 69.9 Å². The summed E-state index contributed by atoms with van der Waals surface area (Å²) in [7, 11) is 2.76. The zero-order valence-corrected chi connectivity index (χ0v) is 20.9. The van der Waals surface area contributed by atoms with Gasteiger partial charge in [-0.3, -0.25) is 9.69 Å². The van der Waals surface area contributed by atoms with Gasteiger partial charge in [-0.1, -0.05) is 12.8 Å². The second kappa shape index (κ2) is 12.1. The van der Waals surface area contributed by atoms with Gasteiger partial charge >= 0.3 is 12.1 Å². The Bertz CT molecular complexity index is 874. The van der Waals surface area contributed by atoms with Crippen LogP contribution in [0, 0.1) is 26.2 Å². The Kier molecular flexibility index (Phi) is 10.2. The van der Waals surface area contributed by atoms with E-state index >= 15 is 0 Å². The zero-order chi connectivity index (χ0) is 25.3. The van der Waals surface area contributed by atoms with E-state index in [0.717, 1.165) is 16.7 Å². The second-order valence-electron chi connectivity index (χ2n) is 8.83. The molecule has 0 bridgehead atoms. The number of amides is 2. The molecule has 0 unspecified atom stereocenters. The minimum Gasteiger partial charge on any atom is -0.481 e. The van der Waals surface area contributed by atoms with Gasteiger partial charge in [0.05, 0.1) is 7.11 Å². The lowest BCUT2D eigenvalue weighted by atomic mass is 9.95. The van der Waals surface area contributed by atoms with E-state index in [1.165, 1.54) is 19.1 Å². The summed E-state index contributed by atoms with van der Waals surface area (Å²) in [4.78, 5) is 39.2. The van der Waals surface area contributed by atoms with Crippen molar-refractivity contribution in [2.75, 3.05) is 20.8 Å². The van der Waals surface area contributed by atoms with E-state index in [-0.39, 0.29) is 13.0 Å². The summed E-state index contributed by atoms with van der Waals surface area (Å²) in [6.07, 6.45) is 5.20. The van der Waals surface area contributed by atoms with E-state index in [4.69, 9.17) is 20.6 Å². The number of hydrogen-bond donors (Lipinski definition) is 1. The summed E-state index contributed by atoms with van der Waals surface area (Å²) in [6.45, 7) is 11.0. The van der Waals surface area contributed by atoms with Crippen LogP contribution in [-0.2, 0) is 25.5 Å². The highest BCUT2D eigenvalue weighted by Crippen LogP contribution is 2.23. The van der Waals surface area contributed by atoms with Gasteiger partial charge < -0.3 is 19.5 Å². The number of hydrogen-bond acceptors (Lipinski definition) is 6. The molecule has 1 aromatic carbocycles. The summed E-state index contributed by atoms with van der Waals surface area (Å²) in [5.74, 6) is 2.01. The third-order valence-electron chi connectivity index (χ3n) is 5.04. The number of carbonyl (C=O) groups is 3. The highest BCUT2D eigenvalue weighted by molar-refractivity contribution is 5.89. The standard InChI is InChI=1S/C25H36N2O6/c1-10-12-32-18-13-16(3)19(17(4)14-18)15-20(23(29)31-9)26-22(28)21(11-2)27(8)24(30)33-25(5,6)7/h1,13-14,20-21H,11-12,15H2,2-9H3,(H,26,28)/t20-,21-/m0/s1. The van der Waals surface area contributed by atoms with Gasteiger partial charge in [-0.2, -0.15) is 0 Å². The molecule has 0 aliphatic carbocycles. The number of aryl methyl sites for hydroxylation is 2. The number of benzene rings is 1. The normalized spacial score (nSPS) is 12.7. The minimum atomic E-state index is -0.932. The quantitative estimate of drug-likeness (QED) is 0.449. The highest BCUT2D eigenvalue weighted by atomic mass is 16.6. The van der Waals surface area contributed by atoms with Crippen LogP contribution in [-0.4, -0.2) is 61.3 Å². The van der Waals surface area contributed by atoms with Crippen molar-refractivity contribution in [3.63, 3.8) is 0 Å². The number of methoxy groups -OCH3 is 1. The number of likely N-dealkylation sites (N-methyl/N-ethyl adjacent to an activating group) is 1. The van der Waals surface area contributed by atoms with Gasteiger partial charge in [-0.25, -0.2) is 9.59 Å². The third kappa shape index (κ3) is 8.33. The maximum Gasteiger partial charge on any atom is 0.410 e. The molecule has 0 aliphatic rings. The topological polar surface area (TPSA) is 94.2 Å². The average molecular weight is 461 g/mol. The van der Waals surface area contributed by atoms with Crippen LogP contribution in [0.25, 0.3) is 0 Å². The van der Waals surface area contributed by atoms with Crippen molar-refractivity contribution >= 4 is 18.0 Å². The van der Waals surface area contributed by atoms with Crippen molar-refractivity contribution in [3.05, 3.63) is 28.8 Å². The first-order valence-electron chi connectivity index (χ1n) is 10.8. The molecule has 0 spiro atoms. The average Bonchev–Trinajstić information content (AvgIpc) is 2.72. The smallest absolute Gasteiger partial charge is 0.410 e. The number of esters is 1. The van der Waals surface area contributed by atoms with Crippen LogP contribution in [0.5, 0.6) is 5.75 Å². The minimum absolute atomic E-state index is 0.155. The molecule has 2 atom stereocenters. The van der Waals surface area contributed by atoms with Crippen LogP contribution in [0.15, 0.2) is 12.1 Å². The number of nitrogens with one attached hydrogen (secondary N) is 1. The number of carbonyl (C=O) groups excluding carboxylic acids is 3. The molecule has 1 rings (SSSR count). The number of nitrogens with zero attached hydrogens (tertiary/aromatic N) is 1. The summed E-state index contributed by atoms with van der Waals surface area (Å²) in [5, 5.41) is 2.75. The molecule has 0 saturated carbocycles. The number of rotatable bonds is 9. The summed E-state index contributed by atoms with van der Waals surface area (Å²) < 4.78 is 15.8. The van der Waals surface area contributed by atoms with Crippen molar-refractivity contribution in [1.29, 1.82) is 0 Å². The first kappa shape index (κ1) is 27.8. The van der Waals surface area contributed by atoms with Crippen LogP contribution in [0.3, 0.4) is 0 Å². The zero-order valence-electron chi connectivity index (χ0n) is 20.9. The molecule has 1 N–H and O–H groups in total. The largest absolute Gasteiger partial charge is 0.481 e. The molecule has 8 heteroatoms. The second-order valence-corrected chi connectivity index (χ2v) is 8.83. The van der Waals surface area contributed by atoms with Crippen LogP contribution < -0.4 is 10.1 Å². The summed E-state index contributed by atoms with van der Waals surface area (Å²) in [6, 6.07) is 1.93. The fourth-order valence-electron chi connectivity index (χ4n) is 3.39. The maximum absolute atomic E-state index is 13.0. The fraction of sp³-hybridized carbons (Fsp3) is 0.560. The van der Waals surface area contributed by atoms with Crippen molar-refractivity contribution in [1.82, 2.24) is 10.2 Å². The van der Waals surface area contributed by atoms with Crippen LogP contribution >= 0.6 is 0 Å². The molecule has 0 aromatic heterocycles. The van der Waals surface area contributed by atoms with Crippen LogP contribution in [0.1, 0.15) is 50.8 Å². The van der Waals surface area contributed by atoms with Gasteiger partial charge in [0.2, 0.25) is 5.91 Å². The molecule has 0 heterocycles. The summed E-state index contributed by atoms with van der Waals surface area (Å²) >= 11 is 0. The first-order valence-corrected chi connectivity index (χ1v) is 10.8. The molecule has 182 valence electrons. The molecular weight excluding hydrogens is 424 g/mol. The molecule has 0 fully saturated rings. The first-order chi connectivity index (χ1) is 15.3. The molecule has 2 amide bonds. The number of terminal acetylenes is 1. The van der Waals surface area contributed by atoms with Crippen molar-refractivity contribution < 1.29 is 28.6 Å². The lowest BCUT2D eigenvalue weighted by Gasteiger charge is -2.30. The Morgan fingerprint density at radius 3 is 2.21 bits per heavy atom. The maximum atomic E-state index is 13.0. The van der Waals surface area contributed by atoms with Gasteiger partial charge in [0.15, 0.2) is 0 Å². The third-order valence-corrected chi connectivity index (χ3v) is 5.04. The van der Waals surface area contributed by atoms with E-state index in [9.17, 15) is 14.4 Å². The van der Waals surface area contributed by atoms with Gasteiger partial charge in [0.1, 0.15) is 30.0 Å². The van der Waals surface area contributed by atoms with Crippen LogP contribution in [0.4, 0.5) is 4.79 Å². The molecule has 0 saturated heterocycles. The molecule has 0 radical (unpaired) electrons. The Morgan fingerprint density at radius 2 is 1.76 bits per heavy atom. The molecular formula is C25H36N2O6. The van der Waals surface area contributed by atoms with E-state index in [0.29, 0.717) is 12.2 Å². The molecule has 8 nitrogen and oxygen atoms in total. The monoisotopic (exact) mass is 460 g/mol. The van der Waals surface area contributed by atoms with Gasteiger partial charge in [0.25, 0.3) is 0 Å². The Labute approximate surface area is 196 Å². The van der Waals surface area contributed by atoms with Gasteiger partial charge in [-0.15, -0.1) is 6.42 Å². The van der Waals surface area contributed by atoms with Crippen LogP contribution in [0.2, 0.25) is 0 Å². The lowest BCUT2D eigenvalue weighted by Crippen LogP contribution is -2.53. The SMILES string of the molecule is C#CCOc1cc(C)c(C[C@H](NC(=O)[C@H](CC)N(C)C(=O)OC(C)(C)C)C(=O)OC)c(C)c1. The van der Waals surface area contributed by atoms with E-state index in [1.54, 1.807) is 27.7 Å². The Morgan fingerprint density at radius 1 is 1.18 bits per heavy atom. The van der Waals surface area contributed by atoms with Crippen molar-refractivity contribution in [2.45, 2.75) is 72.1 Å². The van der Waals surface area contributed by atoms with E-state index in [2.05, 4.69) is 11.2 Å². The summed E-state index contributed by atoms with van der Waals surface area (Å²) in [5.41, 5.74) is 1.97. The van der Waals surface area contributed by atoms with Crippen molar-refractivity contribution in [3.8, 4) is 18.1 Å². The molecule has 33 heavy (non-hydrogen) atoms. The number of ether oxygens (including phenoxy) is 3. The molecule has 1 aromatic rings. The van der Waals surface area contributed by atoms with Crippen molar-refractivity contribution in [2.24, 2.45) is 0 Å². The van der Waals surface area contributed by atoms with E-state index in [1.807, 2.05) is 26.0 Å². The predicted molar refractivity (Wildman–Crippen MR) is 126 cm³/mol. The lowest BCUT2D eigenvalue weighted by molar-refractivity contribution is -0.145. The Balaban J connectivity index is 3.08.